The predicted octanol–water partition coefficient (Wildman–Crippen LogP) is 4.93. The Labute approximate surface area is 171 Å². The van der Waals surface area contributed by atoms with Gasteiger partial charge >= 0.3 is 12.1 Å². The Hall–Kier alpha value is -3.40. The van der Waals surface area contributed by atoms with Gasteiger partial charge in [-0.15, -0.1) is 0 Å². The average Bonchev–Trinajstić information content (AvgIpc) is 3.15. The molecule has 0 atom stereocenters. The molecule has 0 aliphatic rings. The molecule has 2 N–H and O–H groups in total. The fraction of sp³-hybridized carbons (Fsp3) is 0.105. The van der Waals surface area contributed by atoms with Gasteiger partial charge in [-0.3, -0.25) is 4.79 Å². The van der Waals surface area contributed by atoms with E-state index < -0.39 is 35.4 Å². The number of carbonyl (C=O) groups is 2. The summed E-state index contributed by atoms with van der Waals surface area (Å²) in [6, 6.07) is 8.33. The van der Waals surface area contributed by atoms with Crippen molar-refractivity contribution in [1.82, 2.24) is 9.97 Å². The number of nitrogens with one attached hydrogen (secondary N) is 2. The number of halogens is 5. The first-order chi connectivity index (χ1) is 14.1. The number of nitrogens with zero attached hydrogens (tertiary/aromatic N) is 1. The first-order valence-electron chi connectivity index (χ1n) is 8.22. The van der Waals surface area contributed by atoms with Gasteiger partial charge < -0.3 is 15.0 Å². The van der Waals surface area contributed by atoms with Gasteiger partial charge in [-0.1, -0.05) is 11.6 Å². The number of hydrogen-bond donors (Lipinski definition) is 2. The van der Waals surface area contributed by atoms with Crippen molar-refractivity contribution in [3.8, 4) is 11.3 Å². The molecule has 3 aromatic rings. The molecule has 0 aliphatic heterocycles. The van der Waals surface area contributed by atoms with Crippen molar-refractivity contribution in [3.05, 3.63) is 70.4 Å². The van der Waals surface area contributed by atoms with Crippen molar-refractivity contribution in [3.63, 3.8) is 0 Å². The predicted molar refractivity (Wildman–Crippen MR) is 99.7 cm³/mol. The van der Waals surface area contributed by atoms with E-state index >= 15 is 0 Å². The van der Waals surface area contributed by atoms with Crippen LogP contribution in [0.1, 0.15) is 26.7 Å². The molecule has 1 amide bonds. The molecule has 11 heteroatoms. The van der Waals surface area contributed by atoms with E-state index in [2.05, 4.69) is 15.0 Å². The monoisotopic (exact) mass is 441 g/mol. The molecule has 30 heavy (non-hydrogen) atoms. The van der Waals surface area contributed by atoms with Crippen LogP contribution < -0.4 is 5.32 Å². The first kappa shape index (κ1) is 21.3. The number of alkyl halides is 3. The maximum Gasteiger partial charge on any atom is 0.449 e. The van der Waals surface area contributed by atoms with Crippen LogP contribution in [0.15, 0.2) is 42.5 Å². The molecule has 0 fully saturated rings. The smallest absolute Gasteiger partial charge is 0.449 e. The van der Waals surface area contributed by atoms with E-state index in [4.69, 9.17) is 11.6 Å². The van der Waals surface area contributed by atoms with Crippen molar-refractivity contribution in [2.24, 2.45) is 0 Å². The maximum absolute atomic E-state index is 13.2. The van der Waals surface area contributed by atoms with Crippen LogP contribution >= 0.6 is 11.6 Å². The number of aromatic amines is 1. The molecule has 0 radical (unpaired) electrons. The Balaban J connectivity index is 2.00. The van der Waals surface area contributed by atoms with E-state index in [1.54, 1.807) is 0 Å². The zero-order valence-electron chi connectivity index (χ0n) is 15.1. The number of carbonyl (C=O) groups excluding carboxylic acids is 2. The zero-order chi connectivity index (χ0) is 22.1. The Kier molecular flexibility index (Phi) is 5.79. The maximum atomic E-state index is 13.2. The van der Waals surface area contributed by atoms with E-state index in [1.165, 1.54) is 30.3 Å². The molecule has 2 aromatic carbocycles. The molecule has 0 spiro atoms. The number of anilines is 1. The van der Waals surface area contributed by atoms with E-state index in [-0.39, 0.29) is 27.5 Å². The number of rotatable bonds is 4. The van der Waals surface area contributed by atoms with Gasteiger partial charge in [-0.25, -0.2) is 14.2 Å². The third kappa shape index (κ3) is 4.43. The number of amides is 1. The lowest BCUT2D eigenvalue weighted by Gasteiger charge is -2.08. The average molecular weight is 442 g/mol. The Bertz CT molecular complexity index is 1110. The lowest BCUT2D eigenvalue weighted by molar-refractivity contribution is -0.144. The number of methoxy groups -OCH3 is 1. The van der Waals surface area contributed by atoms with Crippen LogP contribution in [0.2, 0.25) is 5.02 Å². The molecular weight excluding hydrogens is 430 g/mol. The van der Waals surface area contributed by atoms with Gasteiger partial charge in [0.1, 0.15) is 17.2 Å². The number of imidazole rings is 1. The first-order valence-corrected chi connectivity index (χ1v) is 8.60. The third-order valence-electron chi connectivity index (χ3n) is 3.95. The summed E-state index contributed by atoms with van der Waals surface area (Å²) < 4.78 is 57.1. The van der Waals surface area contributed by atoms with Crippen LogP contribution in [-0.4, -0.2) is 29.0 Å². The fourth-order valence-electron chi connectivity index (χ4n) is 2.55. The molecule has 0 bridgehead atoms. The normalized spacial score (nSPS) is 11.3. The van der Waals surface area contributed by atoms with Crippen molar-refractivity contribution in [2.45, 2.75) is 6.18 Å². The summed E-state index contributed by atoms with van der Waals surface area (Å²) in [5.41, 5.74) is -0.681. The topological polar surface area (TPSA) is 84.1 Å². The van der Waals surface area contributed by atoms with Gasteiger partial charge in [-0.2, -0.15) is 13.2 Å². The largest absolute Gasteiger partial charge is 0.465 e. The minimum Gasteiger partial charge on any atom is -0.465 e. The lowest BCUT2D eigenvalue weighted by atomic mass is 10.1. The van der Waals surface area contributed by atoms with E-state index in [9.17, 15) is 27.2 Å². The highest BCUT2D eigenvalue weighted by Crippen LogP contribution is 2.32. The second-order valence-corrected chi connectivity index (χ2v) is 6.36. The minimum atomic E-state index is -4.84. The van der Waals surface area contributed by atoms with Crippen LogP contribution in [0, 0.1) is 5.82 Å². The summed E-state index contributed by atoms with van der Waals surface area (Å²) >= 11 is 5.91. The SMILES string of the molecule is COC(=O)c1cc(NC(=O)c2[nH]c(C(F)(F)F)nc2-c2ccc(F)cc2)ccc1Cl. The fourth-order valence-corrected chi connectivity index (χ4v) is 2.75. The summed E-state index contributed by atoms with van der Waals surface area (Å²) in [4.78, 5) is 29.8. The van der Waals surface area contributed by atoms with Crippen LogP contribution in [0.25, 0.3) is 11.3 Å². The van der Waals surface area contributed by atoms with Gasteiger partial charge in [0.2, 0.25) is 5.82 Å². The Morgan fingerprint density at radius 3 is 2.40 bits per heavy atom. The molecule has 0 unspecified atom stereocenters. The molecule has 156 valence electrons. The van der Waals surface area contributed by atoms with E-state index in [0.29, 0.717) is 0 Å². The van der Waals surface area contributed by atoms with Crippen LogP contribution in [-0.2, 0) is 10.9 Å². The van der Waals surface area contributed by atoms with Gasteiger partial charge in [-0.05, 0) is 42.5 Å². The number of H-pyrrole nitrogens is 1. The highest BCUT2D eigenvalue weighted by Gasteiger charge is 2.37. The van der Waals surface area contributed by atoms with E-state index in [1.807, 2.05) is 4.98 Å². The van der Waals surface area contributed by atoms with Gasteiger partial charge in [0.15, 0.2) is 0 Å². The highest BCUT2D eigenvalue weighted by molar-refractivity contribution is 6.33. The quantitative estimate of drug-likeness (QED) is 0.444. The summed E-state index contributed by atoms with van der Waals surface area (Å²) in [6.07, 6.45) is -4.84. The standard InChI is InChI=1S/C19H12ClF4N3O3/c1-30-17(29)12-8-11(6-7-13(12)20)25-16(28)15-14(9-2-4-10(21)5-3-9)26-18(27-15)19(22,23)24/h2-8H,1H3,(H,25,28)(H,26,27). The molecule has 3 rings (SSSR count). The molecule has 0 saturated heterocycles. The summed E-state index contributed by atoms with van der Waals surface area (Å²) in [6.45, 7) is 0. The van der Waals surface area contributed by atoms with Crippen molar-refractivity contribution >= 4 is 29.2 Å². The van der Waals surface area contributed by atoms with Crippen molar-refractivity contribution in [2.75, 3.05) is 12.4 Å². The number of esters is 1. The van der Waals surface area contributed by atoms with Gasteiger partial charge in [0, 0.05) is 11.3 Å². The van der Waals surface area contributed by atoms with Crippen LogP contribution in [0.3, 0.4) is 0 Å². The molecule has 1 heterocycles. The number of benzene rings is 2. The third-order valence-corrected chi connectivity index (χ3v) is 4.28. The molecule has 0 aliphatic carbocycles. The van der Waals surface area contributed by atoms with Crippen molar-refractivity contribution < 1.29 is 31.9 Å². The summed E-state index contributed by atoms with van der Waals surface area (Å²) in [5.74, 6) is -3.72. The lowest BCUT2D eigenvalue weighted by Crippen LogP contribution is -2.15. The number of hydrogen-bond acceptors (Lipinski definition) is 4. The zero-order valence-corrected chi connectivity index (χ0v) is 15.9. The number of ether oxygens (including phenoxy) is 1. The second-order valence-electron chi connectivity index (χ2n) is 5.95. The highest BCUT2D eigenvalue weighted by atomic mass is 35.5. The van der Waals surface area contributed by atoms with Crippen molar-refractivity contribution in [1.29, 1.82) is 0 Å². The molecular formula is C19H12ClF4N3O3. The van der Waals surface area contributed by atoms with Crippen LogP contribution in [0.4, 0.5) is 23.2 Å². The van der Waals surface area contributed by atoms with Crippen LogP contribution in [0.5, 0.6) is 0 Å². The molecule has 6 nitrogen and oxygen atoms in total. The second kappa shape index (κ2) is 8.15. The molecule has 0 saturated carbocycles. The van der Waals surface area contributed by atoms with Gasteiger partial charge in [0.05, 0.1) is 17.7 Å². The summed E-state index contributed by atoms with van der Waals surface area (Å²) in [7, 11) is 1.14. The van der Waals surface area contributed by atoms with Gasteiger partial charge in [0.25, 0.3) is 5.91 Å². The summed E-state index contributed by atoms with van der Waals surface area (Å²) in [5, 5.41) is 2.44. The minimum absolute atomic E-state index is 0.0451. The van der Waals surface area contributed by atoms with E-state index in [0.717, 1.165) is 19.2 Å². The Morgan fingerprint density at radius 1 is 1.13 bits per heavy atom. The Morgan fingerprint density at radius 2 is 1.80 bits per heavy atom. The molecule has 1 aromatic heterocycles. The number of aromatic nitrogens is 2.